The summed E-state index contributed by atoms with van der Waals surface area (Å²) in [6.45, 7) is 4.54. The van der Waals surface area contributed by atoms with E-state index in [1.54, 1.807) is 7.11 Å². The summed E-state index contributed by atoms with van der Waals surface area (Å²) in [6.07, 6.45) is 2.18. The number of methoxy groups -OCH3 is 1. The molecular formula is C17H25N3O2. The zero-order chi connectivity index (χ0) is 15.4. The number of hydrogen-bond donors (Lipinski definition) is 1. The largest absolute Gasteiger partial charge is 0.382 e. The number of piperidine rings is 1. The molecule has 3 heterocycles. The Labute approximate surface area is 132 Å². The molecule has 3 saturated heterocycles. The Hall–Kier alpha value is -1.59. The van der Waals surface area contributed by atoms with Crippen molar-refractivity contribution in [1.29, 1.82) is 0 Å². The molecule has 1 aromatic rings. The van der Waals surface area contributed by atoms with Gasteiger partial charge in [-0.3, -0.25) is 0 Å². The monoisotopic (exact) mass is 303 g/mol. The molecule has 0 radical (unpaired) electrons. The third-order valence-electron chi connectivity index (χ3n) is 4.75. The minimum absolute atomic E-state index is 0.0413. The minimum atomic E-state index is -0.0977. The number of benzene rings is 1. The smallest absolute Gasteiger partial charge is 0.318 e. The second kappa shape index (κ2) is 7.11. The number of nitrogens with one attached hydrogen (secondary N) is 1. The third kappa shape index (κ3) is 3.42. The maximum atomic E-state index is 12.7. The highest BCUT2D eigenvalue weighted by atomic mass is 16.5. The molecule has 3 fully saturated rings. The lowest BCUT2D eigenvalue weighted by Gasteiger charge is -2.32. The lowest BCUT2D eigenvalue weighted by atomic mass is 10.1. The number of ether oxygens (including phenoxy) is 1. The van der Waals surface area contributed by atoms with E-state index in [0.29, 0.717) is 12.6 Å². The van der Waals surface area contributed by atoms with E-state index in [9.17, 15) is 4.79 Å². The highest BCUT2D eigenvalue weighted by Crippen LogP contribution is 2.22. The van der Waals surface area contributed by atoms with Crippen LogP contribution in [0.25, 0.3) is 0 Å². The van der Waals surface area contributed by atoms with Crippen molar-refractivity contribution in [1.82, 2.24) is 15.1 Å². The van der Waals surface area contributed by atoms with Crippen LogP contribution in [0.2, 0.25) is 0 Å². The number of carbonyl (C=O) groups excluding carboxylic acids is 1. The molecular weight excluding hydrogens is 278 g/mol. The maximum absolute atomic E-state index is 12.7. The molecule has 5 heteroatoms. The van der Waals surface area contributed by atoms with Crippen LogP contribution in [0.3, 0.4) is 0 Å². The van der Waals surface area contributed by atoms with Gasteiger partial charge in [-0.15, -0.1) is 0 Å². The SMILES string of the molecule is COCC(NC(=O)N1CCN2CCC1CC2)c1ccccc1. The average molecular weight is 303 g/mol. The Kier molecular flexibility index (Phi) is 4.95. The molecule has 1 aromatic carbocycles. The second-order valence-electron chi connectivity index (χ2n) is 6.13. The average Bonchev–Trinajstić information content (AvgIpc) is 2.89. The Balaban J connectivity index is 1.68. The molecule has 0 saturated carbocycles. The minimum Gasteiger partial charge on any atom is -0.382 e. The molecule has 5 nitrogen and oxygen atoms in total. The summed E-state index contributed by atoms with van der Waals surface area (Å²) in [5, 5.41) is 3.16. The summed E-state index contributed by atoms with van der Waals surface area (Å²) in [4.78, 5) is 17.2. The lowest BCUT2D eigenvalue weighted by molar-refractivity contribution is 0.144. The summed E-state index contributed by atoms with van der Waals surface area (Å²) in [6, 6.07) is 10.4. The molecule has 1 atom stereocenters. The van der Waals surface area contributed by atoms with Crippen molar-refractivity contribution in [2.45, 2.75) is 24.9 Å². The standard InChI is InChI=1S/C17H25N3O2/c1-22-13-16(14-5-3-2-4-6-14)18-17(21)20-12-11-19-9-7-15(20)8-10-19/h2-6,15-16H,7-13H2,1H3,(H,18,21). The van der Waals surface area contributed by atoms with Gasteiger partial charge in [0, 0.05) is 39.3 Å². The number of amides is 2. The molecule has 0 spiro atoms. The van der Waals surface area contributed by atoms with Gasteiger partial charge in [0.2, 0.25) is 0 Å². The molecule has 3 aliphatic heterocycles. The van der Waals surface area contributed by atoms with Crippen molar-refractivity contribution in [2.75, 3.05) is 39.9 Å². The quantitative estimate of drug-likeness (QED) is 0.923. The molecule has 120 valence electrons. The van der Waals surface area contributed by atoms with Gasteiger partial charge in [-0.05, 0) is 18.4 Å². The van der Waals surface area contributed by atoms with Crippen LogP contribution in [0, 0.1) is 0 Å². The highest BCUT2D eigenvalue weighted by Gasteiger charge is 2.32. The van der Waals surface area contributed by atoms with Gasteiger partial charge in [0.05, 0.1) is 12.6 Å². The fraction of sp³-hybridized carbons (Fsp3) is 0.588. The molecule has 1 N–H and O–H groups in total. The fourth-order valence-corrected chi connectivity index (χ4v) is 3.46. The lowest BCUT2D eigenvalue weighted by Crippen LogP contribution is -2.48. The van der Waals surface area contributed by atoms with Crippen molar-refractivity contribution in [3.63, 3.8) is 0 Å². The summed E-state index contributed by atoms with van der Waals surface area (Å²) < 4.78 is 5.29. The van der Waals surface area contributed by atoms with Crippen LogP contribution in [0.15, 0.2) is 30.3 Å². The van der Waals surface area contributed by atoms with Crippen LogP contribution in [0.1, 0.15) is 24.4 Å². The van der Waals surface area contributed by atoms with E-state index < -0.39 is 0 Å². The number of carbonyl (C=O) groups is 1. The first kappa shape index (κ1) is 15.3. The van der Waals surface area contributed by atoms with Crippen molar-refractivity contribution in [3.8, 4) is 0 Å². The molecule has 0 aliphatic carbocycles. The first-order valence-electron chi connectivity index (χ1n) is 8.11. The molecule has 0 aromatic heterocycles. The number of urea groups is 1. The number of fused-ring (bicyclic) bond motifs is 4. The van der Waals surface area contributed by atoms with E-state index in [4.69, 9.17) is 4.74 Å². The predicted molar refractivity (Wildman–Crippen MR) is 85.8 cm³/mol. The summed E-state index contributed by atoms with van der Waals surface area (Å²) in [5.41, 5.74) is 1.08. The van der Waals surface area contributed by atoms with Crippen molar-refractivity contribution in [3.05, 3.63) is 35.9 Å². The number of hydrogen-bond acceptors (Lipinski definition) is 3. The van der Waals surface area contributed by atoms with Gasteiger partial charge in [0.25, 0.3) is 0 Å². The van der Waals surface area contributed by atoms with Crippen molar-refractivity contribution in [2.24, 2.45) is 0 Å². The molecule has 1 unspecified atom stereocenters. The van der Waals surface area contributed by atoms with Crippen molar-refractivity contribution >= 4 is 6.03 Å². The summed E-state index contributed by atoms with van der Waals surface area (Å²) in [7, 11) is 1.67. The summed E-state index contributed by atoms with van der Waals surface area (Å²) >= 11 is 0. The molecule has 4 rings (SSSR count). The van der Waals surface area contributed by atoms with Crippen LogP contribution in [-0.2, 0) is 4.74 Å². The normalized spacial score (nSPS) is 25.6. The first-order valence-corrected chi connectivity index (χ1v) is 8.11. The Morgan fingerprint density at radius 2 is 1.95 bits per heavy atom. The van der Waals surface area contributed by atoms with Gasteiger partial charge in [-0.25, -0.2) is 4.79 Å². The number of nitrogens with zero attached hydrogens (tertiary/aromatic N) is 2. The van der Waals surface area contributed by atoms with Gasteiger partial charge in [0.15, 0.2) is 0 Å². The van der Waals surface area contributed by atoms with Gasteiger partial charge >= 0.3 is 6.03 Å². The zero-order valence-electron chi connectivity index (χ0n) is 13.2. The van der Waals surface area contributed by atoms with E-state index in [2.05, 4.69) is 10.2 Å². The third-order valence-corrected chi connectivity index (χ3v) is 4.75. The fourth-order valence-electron chi connectivity index (χ4n) is 3.46. The van der Waals surface area contributed by atoms with Gasteiger partial charge in [-0.1, -0.05) is 30.3 Å². The second-order valence-corrected chi connectivity index (χ2v) is 6.13. The van der Waals surface area contributed by atoms with Crippen LogP contribution in [-0.4, -0.2) is 61.8 Å². The van der Waals surface area contributed by atoms with Crippen LogP contribution in [0.4, 0.5) is 4.79 Å². The Morgan fingerprint density at radius 3 is 2.64 bits per heavy atom. The van der Waals surface area contributed by atoms with E-state index in [1.807, 2.05) is 35.2 Å². The van der Waals surface area contributed by atoms with E-state index >= 15 is 0 Å². The predicted octanol–water partition coefficient (Wildman–Crippen LogP) is 1.86. The molecule has 3 aliphatic rings. The van der Waals surface area contributed by atoms with E-state index in [1.165, 1.54) is 0 Å². The first-order chi connectivity index (χ1) is 10.8. The maximum Gasteiger partial charge on any atom is 0.318 e. The highest BCUT2D eigenvalue weighted by molar-refractivity contribution is 5.75. The topological polar surface area (TPSA) is 44.8 Å². The van der Waals surface area contributed by atoms with Gasteiger partial charge in [-0.2, -0.15) is 0 Å². The number of rotatable bonds is 4. The van der Waals surface area contributed by atoms with Gasteiger partial charge < -0.3 is 19.9 Å². The molecule has 2 bridgehead atoms. The van der Waals surface area contributed by atoms with Crippen LogP contribution in [0.5, 0.6) is 0 Å². The van der Waals surface area contributed by atoms with Gasteiger partial charge in [0.1, 0.15) is 0 Å². The van der Waals surface area contributed by atoms with Crippen LogP contribution >= 0.6 is 0 Å². The molecule has 22 heavy (non-hydrogen) atoms. The Morgan fingerprint density at radius 1 is 1.23 bits per heavy atom. The zero-order valence-corrected chi connectivity index (χ0v) is 13.2. The van der Waals surface area contributed by atoms with E-state index in [0.717, 1.165) is 44.6 Å². The van der Waals surface area contributed by atoms with Crippen molar-refractivity contribution < 1.29 is 9.53 Å². The molecule has 2 amide bonds. The Bertz CT molecular complexity index is 486. The summed E-state index contributed by atoms with van der Waals surface area (Å²) in [5.74, 6) is 0. The van der Waals surface area contributed by atoms with E-state index in [-0.39, 0.29) is 12.1 Å². The van der Waals surface area contributed by atoms with Crippen LogP contribution < -0.4 is 5.32 Å².